The Hall–Kier alpha value is -1.67. The predicted molar refractivity (Wildman–Crippen MR) is 123 cm³/mol. The summed E-state index contributed by atoms with van der Waals surface area (Å²) in [7, 11) is 1.49. The fourth-order valence-corrected chi connectivity index (χ4v) is 5.52. The number of halogens is 2. The predicted octanol–water partition coefficient (Wildman–Crippen LogP) is 1.78. The van der Waals surface area contributed by atoms with E-state index in [0.717, 1.165) is 20.9 Å². The highest BCUT2D eigenvalue weighted by molar-refractivity contribution is 14.1. The molecule has 1 aliphatic heterocycles. The van der Waals surface area contributed by atoms with Gasteiger partial charge in [0.2, 0.25) is 11.2 Å². The number of aliphatic hydroxyl groups excluding tert-OH is 2. The van der Waals surface area contributed by atoms with Crippen molar-refractivity contribution in [1.82, 2.24) is 24.8 Å². The Kier molecular flexibility index (Phi) is 6.34. The van der Waals surface area contributed by atoms with Gasteiger partial charge in [0, 0.05) is 17.2 Å². The number of aliphatic hydroxyl groups is 2. The van der Waals surface area contributed by atoms with Crippen molar-refractivity contribution in [3.05, 3.63) is 45.0 Å². The van der Waals surface area contributed by atoms with Gasteiger partial charge in [-0.05, 0) is 51.9 Å². The number of nitrogens with one attached hydrogen (secondary N) is 2. The summed E-state index contributed by atoms with van der Waals surface area (Å²) < 4.78 is 2.74. The molecule has 4 N–H and O–H groups in total. The summed E-state index contributed by atoms with van der Waals surface area (Å²) in [4.78, 5) is 24.9. The monoisotopic (exact) mass is 560 g/mol. The molecule has 0 saturated carbocycles. The summed E-state index contributed by atoms with van der Waals surface area (Å²) in [6.45, 7) is 0.518. The van der Waals surface area contributed by atoms with Crippen molar-refractivity contribution in [3.8, 4) is 0 Å². The molecular weight excluding hydrogens is 543 g/mol. The standard InChI is InChI=1S/C18H18ClIN6O3S/c1-21-16(29)13-11(27)12(28)17(30-13)26-7-23-10-14(24-18(19)25-15(10)26)22-6-8-3-2-4-9(20)5-8/h2-5,7,11-13,17,27-28H,6H2,1H3,(H,21,29)(H,22,24,25)/t11?,12-,13-,17+/m0/s1. The van der Waals surface area contributed by atoms with Crippen LogP contribution in [0.3, 0.4) is 0 Å². The Morgan fingerprint density at radius 3 is 2.87 bits per heavy atom. The minimum atomic E-state index is -1.21. The van der Waals surface area contributed by atoms with Gasteiger partial charge in [0.05, 0.1) is 6.33 Å². The number of anilines is 1. The van der Waals surface area contributed by atoms with Gasteiger partial charge in [0.15, 0.2) is 17.0 Å². The Morgan fingerprint density at radius 2 is 2.13 bits per heavy atom. The number of thioether (sulfide) groups is 1. The molecule has 1 amide bonds. The van der Waals surface area contributed by atoms with Crippen LogP contribution in [0.15, 0.2) is 30.6 Å². The lowest BCUT2D eigenvalue weighted by Crippen LogP contribution is -2.39. The summed E-state index contributed by atoms with van der Waals surface area (Å²) >= 11 is 9.54. The Bertz CT molecular complexity index is 1100. The van der Waals surface area contributed by atoms with Crippen molar-refractivity contribution in [1.29, 1.82) is 0 Å². The fourth-order valence-electron chi connectivity index (χ4n) is 3.28. The average molecular weight is 561 g/mol. The molecule has 3 aromatic rings. The van der Waals surface area contributed by atoms with Gasteiger partial charge in [-0.15, -0.1) is 11.8 Å². The summed E-state index contributed by atoms with van der Waals surface area (Å²) in [5.41, 5.74) is 1.96. The van der Waals surface area contributed by atoms with E-state index in [0.29, 0.717) is 23.5 Å². The molecule has 0 bridgehead atoms. The minimum Gasteiger partial charge on any atom is -0.389 e. The van der Waals surface area contributed by atoms with Crippen LogP contribution < -0.4 is 10.6 Å². The van der Waals surface area contributed by atoms with Crippen LogP contribution in [0, 0.1) is 3.57 Å². The first-order valence-corrected chi connectivity index (χ1v) is 11.4. The number of aromatic nitrogens is 4. The second-order valence-corrected chi connectivity index (χ2v) is 9.54. The zero-order chi connectivity index (χ0) is 21.4. The zero-order valence-corrected chi connectivity index (χ0v) is 19.4. The molecule has 2 aromatic heterocycles. The van der Waals surface area contributed by atoms with Gasteiger partial charge >= 0.3 is 0 Å². The molecule has 1 aromatic carbocycles. The van der Waals surface area contributed by atoms with E-state index < -0.39 is 22.8 Å². The van der Waals surface area contributed by atoms with E-state index in [2.05, 4.69) is 54.2 Å². The SMILES string of the molecule is CNC(=O)[C@H]1S[C@@H](n2cnc3c(NCc4cccc(I)c4)nc(Cl)nc32)[C@@H](O)C1O. The highest BCUT2D eigenvalue weighted by Crippen LogP contribution is 2.43. The molecule has 0 aliphatic carbocycles. The van der Waals surface area contributed by atoms with E-state index in [9.17, 15) is 15.0 Å². The van der Waals surface area contributed by atoms with E-state index in [-0.39, 0.29) is 11.2 Å². The third-order valence-corrected chi connectivity index (χ3v) is 7.17. The van der Waals surface area contributed by atoms with Crippen LogP contribution in [-0.4, -0.2) is 60.1 Å². The lowest BCUT2D eigenvalue weighted by atomic mass is 10.1. The first kappa shape index (κ1) is 21.6. The largest absolute Gasteiger partial charge is 0.389 e. The molecule has 1 saturated heterocycles. The normalized spacial score (nSPS) is 23.6. The Morgan fingerprint density at radius 1 is 1.33 bits per heavy atom. The number of hydrogen-bond acceptors (Lipinski definition) is 8. The third kappa shape index (κ3) is 4.08. The van der Waals surface area contributed by atoms with E-state index >= 15 is 0 Å². The number of nitrogens with zero attached hydrogens (tertiary/aromatic N) is 4. The second kappa shape index (κ2) is 8.83. The van der Waals surface area contributed by atoms with Crippen LogP contribution in [0.1, 0.15) is 10.9 Å². The molecule has 158 valence electrons. The van der Waals surface area contributed by atoms with Gasteiger partial charge in [-0.1, -0.05) is 12.1 Å². The van der Waals surface area contributed by atoms with Crippen LogP contribution in [-0.2, 0) is 11.3 Å². The number of hydrogen-bond donors (Lipinski definition) is 4. The van der Waals surface area contributed by atoms with Gasteiger partial charge in [-0.2, -0.15) is 9.97 Å². The lowest BCUT2D eigenvalue weighted by molar-refractivity contribution is -0.122. The Balaban J connectivity index is 1.64. The van der Waals surface area contributed by atoms with Crippen molar-refractivity contribution in [3.63, 3.8) is 0 Å². The van der Waals surface area contributed by atoms with Crippen LogP contribution in [0.4, 0.5) is 5.82 Å². The fraction of sp³-hybridized carbons (Fsp3) is 0.333. The van der Waals surface area contributed by atoms with Crippen molar-refractivity contribution in [2.45, 2.75) is 29.4 Å². The molecule has 1 unspecified atom stereocenters. The van der Waals surface area contributed by atoms with Gasteiger partial charge in [-0.3, -0.25) is 9.36 Å². The van der Waals surface area contributed by atoms with Gasteiger partial charge in [0.1, 0.15) is 22.8 Å². The number of carbonyl (C=O) groups excluding carboxylic acids is 1. The Labute approximate surface area is 194 Å². The topological polar surface area (TPSA) is 125 Å². The zero-order valence-electron chi connectivity index (χ0n) is 15.7. The van der Waals surface area contributed by atoms with E-state index in [4.69, 9.17) is 11.6 Å². The summed E-state index contributed by atoms with van der Waals surface area (Å²) in [5.74, 6) is 0.106. The minimum absolute atomic E-state index is 0.0234. The maximum atomic E-state index is 12.0. The maximum Gasteiger partial charge on any atom is 0.235 e. The molecule has 12 heteroatoms. The lowest BCUT2D eigenvalue weighted by Gasteiger charge is -2.17. The summed E-state index contributed by atoms with van der Waals surface area (Å²) in [6.07, 6.45) is -0.884. The van der Waals surface area contributed by atoms with E-state index in [1.165, 1.54) is 13.4 Å². The average Bonchev–Trinajstić information content (AvgIpc) is 3.27. The highest BCUT2D eigenvalue weighted by atomic mass is 127. The maximum absolute atomic E-state index is 12.0. The summed E-state index contributed by atoms with van der Waals surface area (Å²) in [5, 5.41) is 25.1. The highest BCUT2D eigenvalue weighted by Gasteiger charge is 2.47. The first-order valence-electron chi connectivity index (χ1n) is 9.00. The van der Waals surface area contributed by atoms with Gasteiger partial charge < -0.3 is 20.8 Å². The molecule has 1 aliphatic rings. The number of amides is 1. The van der Waals surface area contributed by atoms with Crippen LogP contribution in [0.5, 0.6) is 0 Å². The first-order chi connectivity index (χ1) is 14.4. The van der Waals surface area contributed by atoms with Crippen molar-refractivity contribution >= 4 is 68.8 Å². The molecule has 4 atom stereocenters. The van der Waals surface area contributed by atoms with Crippen LogP contribution >= 0.6 is 46.0 Å². The molecule has 9 nitrogen and oxygen atoms in total. The molecule has 3 heterocycles. The molecule has 0 spiro atoms. The number of fused-ring (bicyclic) bond motifs is 1. The van der Waals surface area contributed by atoms with Crippen molar-refractivity contribution < 1.29 is 15.0 Å². The van der Waals surface area contributed by atoms with E-state index in [1.54, 1.807) is 4.57 Å². The van der Waals surface area contributed by atoms with Gasteiger partial charge in [0.25, 0.3) is 0 Å². The number of imidazole rings is 1. The van der Waals surface area contributed by atoms with Gasteiger partial charge in [-0.25, -0.2) is 4.98 Å². The number of rotatable bonds is 5. The number of benzene rings is 1. The third-order valence-electron chi connectivity index (χ3n) is 4.76. The number of carbonyl (C=O) groups is 1. The molecule has 1 fully saturated rings. The van der Waals surface area contributed by atoms with Crippen molar-refractivity contribution in [2.24, 2.45) is 0 Å². The van der Waals surface area contributed by atoms with Crippen molar-refractivity contribution in [2.75, 3.05) is 12.4 Å². The second-order valence-electron chi connectivity index (χ2n) is 6.69. The molecule has 0 radical (unpaired) electrons. The van der Waals surface area contributed by atoms with Crippen LogP contribution in [0.2, 0.25) is 5.28 Å². The molecule has 30 heavy (non-hydrogen) atoms. The molecular formula is C18H18ClIN6O3S. The quantitative estimate of drug-likeness (QED) is 0.275. The summed E-state index contributed by atoms with van der Waals surface area (Å²) in [6, 6.07) is 8.04. The smallest absolute Gasteiger partial charge is 0.235 e. The molecule has 4 rings (SSSR count). The van der Waals surface area contributed by atoms with Crippen LogP contribution in [0.25, 0.3) is 11.2 Å². The van der Waals surface area contributed by atoms with E-state index in [1.807, 2.05) is 18.2 Å².